The minimum atomic E-state index is -3.49. The lowest BCUT2D eigenvalue weighted by molar-refractivity contribution is 0.466. The van der Waals surface area contributed by atoms with Gasteiger partial charge in [-0.2, -0.15) is 5.10 Å². The Bertz CT molecular complexity index is 711. The summed E-state index contributed by atoms with van der Waals surface area (Å²) in [5.41, 5.74) is 0.575. The van der Waals surface area contributed by atoms with Gasteiger partial charge in [0.05, 0.1) is 10.9 Å². The van der Waals surface area contributed by atoms with Crippen LogP contribution in [0.1, 0.15) is 31.7 Å². The number of rotatable bonds is 4. The van der Waals surface area contributed by atoms with Crippen molar-refractivity contribution >= 4 is 21.4 Å². The van der Waals surface area contributed by atoms with Crippen LogP contribution in [-0.4, -0.2) is 36.6 Å². The third-order valence-electron chi connectivity index (χ3n) is 3.91. The van der Waals surface area contributed by atoms with E-state index < -0.39 is 10.0 Å². The molecule has 2 aromatic rings. The molecule has 2 aromatic heterocycles. The molecule has 0 saturated heterocycles. The lowest BCUT2D eigenvalue weighted by Gasteiger charge is -2.10. The lowest BCUT2D eigenvalue weighted by Crippen LogP contribution is -2.22. The standard InChI is InChI=1S/C14H19N3O2S2/c1-16(2)21(18,19)13-10-17(11-6-3-4-7-11)15-14(13)12-8-5-9-20-12/h5,8-11H,3-4,6-7H2,1-2H3. The SMILES string of the molecule is CN(C)S(=O)(=O)c1cn(C2CCCC2)nc1-c1cccs1. The van der Waals surface area contributed by atoms with Crippen molar-refractivity contribution in [2.24, 2.45) is 0 Å². The first-order valence-corrected chi connectivity index (χ1v) is 9.37. The Morgan fingerprint density at radius 3 is 2.62 bits per heavy atom. The van der Waals surface area contributed by atoms with Crippen LogP contribution in [0, 0.1) is 0 Å². The Labute approximate surface area is 129 Å². The lowest BCUT2D eigenvalue weighted by atomic mass is 10.3. The molecule has 1 aliphatic rings. The molecular weight excluding hydrogens is 306 g/mol. The van der Waals surface area contributed by atoms with Crippen molar-refractivity contribution in [2.75, 3.05) is 14.1 Å². The van der Waals surface area contributed by atoms with Crippen LogP contribution in [0.2, 0.25) is 0 Å². The summed E-state index contributed by atoms with van der Waals surface area (Å²) in [6.45, 7) is 0. The van der Waals surface area contributed by atoms with Crippen molar-refractivity contribution in [1.29, 1.82) is 0 Å². The summed E-state index contributed by atoms with van der Waals surface area (Å²) in [4.78, 5) is 1.20. The Morgan fingerprint density at radius 1 is 1.33 bits per heavy atom. The minimum Gasteiger partial charge on any atom is -0.268 e. The van der Waals surface area contributed by atoms with Gasteiger partial charge in [0.1, 0.15) is 10.6 Å². The second-order valence-corrected chi connectivity index (χ2v) is 8.59. The van der Waals surface area contributed by atoms with Gasteiger partial charge >= 0.3 is 0 Å². The highest BCUT2D eigenvalue weighted by molar-refractivity contribution is 7.89. The van der Waals surface area contributed by atoms with Gasteiger partial charge in [-0.05, 0) is 24.3 Å². The molecule has 2 heterocycles. The summed E-state index contributed by atoms with van der Waals surface area (Å²) in [6, 6.07) is 4.16. The smallest absolute Gasteiger partial charge is 0.246 e. The normalized spacial score (nSPS) is 16.9. The monoisotopic (exact) mass is 325 g/mol. The van der Waals surface area contributed by atoms with Gasteiger partial charge in [0.15, 0.2) is 0 Å². The van der Waals surface area contributed by atoms with E-state index in [2.05, 4.69) is 5.10 Å². The molecule has 114 valence electrons. The van der Waals surface area contributed by atoms with Crippen molar-refractivity contribution in [1.82, 2.24) is 14.1 Å². The van der Waals surface area contributed by atoms with Crippen LogP contribution >= 0.6 is 11.3 Å². The fourth-order valence-corrected chi connectivity index (χ4v) is 4.52. The summed E-state index contributed by atoms with van der Waals surface area (Å²) >= 11 is 1.52. The molecule has 0 spiro atoms. The molecule has 0 aliphatic heterocycles. The second kappa shape index (κ2) is 5.55. The molecule has 0 atom stereocenters. The minimum absolute atomic E-state index is 0.307. The van der Waals surface area contributed by atoms with Crippen molar-refractivity contribution in [3.63, 3.8) is 0 Å². The van der Waals surface area contributed by atoms with E-state index in [4.69, 9.17) is 0 Å². The van der Waals surface area contributed by atoms with Gasteiger partial charge in [0.2, 0.25) is 10.0 Å². The Balaban J connectivity index is 2.12. The summed E-state index contributed by atoms with van der Waals surface area (Å²) < 4.78 is 28.2. The van der Waals surface area contributed by atoms with E-state index in [1.165, 1.54) is 28.5 Å². The number of thiophene rings is 1. The molecule has 7 heteroatoms. The molecule has 1 aliphatic carbocycles. The average molecular weight is 325 g/mol. The summed E-state index contributed by atoms with van der Waals surface area (Å²) in [5.74, 6) is 0. The van der Waals surface area contributed by atoms with Gasteiger partial charge in [0, 0.05) is 20.3 Å². The van der Waals surface area contributed by atoms with Crippen molar-refractivity contribution in [3.05, 3.63) is 23.7 Å². The largest absolute Gasteiger partial charge is 0.268 e. The predicted molar refractivity (Wildman–Crippen MR) is 83.9 cm³/mol. The summed E-state index contributed by atoms with van der Waals surface area (Å²) in [5, 5.41) is 6.55. The first-order chi connectivity index (χ1) is 10.00. The topological polar surface area (TPSA) is 55.2 Å². The zero-order valence-electron chi connectivity index (χ0n) is 12.2. The molecule has 0 radical (unpaired) electrons. The zero-order chi connectivity index (χ0) is 15.0. The van der Waals surface area contributed by atoms with E-state index >= 15 is 0 Å². The van der Waals surface area contributed by atoms with Crippen LogP contribution in [-0.2, 0) is 10.0 Å². The third kappa shape index (κ3) is 2.65. The van der Waals surface area contributed by atoms with E-state index in [0.717, 1.165) is 17.7 Å². The molecule has 0 unspecified atom stereocenters. The predicted octanol–water partition coefficient (Wildman–Crippen LogP) is 2.98. The summed E-state index contributed by atoms with van der Waals surface area (Å²) in [6.07, 6.45) is 6.24. The number of hydrogen-bond acceptors (Lipinski definition) is 4. The van der Waals surface area contributed by atoms with Crippen LogP contribution in [0.3, 0.4) is 0 Å². The average Bonchev–Trinajstić information content (AvgIpc) is 3.18. The first kappa shape index (κ1) is 14.7. The number of hydrogen-bond donors (Lipinski definition) is 0. The van der Waals surface area contributed by atoms with Crippen molar-refractivity contribution < 1.29 is 8.42 Å². The van der Waals surface area contributed by atoms with E-state index in [0.29, 0.717) is 16.6 Å². The van der Waals surface area contributed by atoms with Gasteiger partial charge in [-0.3, -0.25) is 4.68 Å². The van der Waals surface area contributed by atoms with Gasteiger partial charge in [-0.25, -0.2) is 12.7 Å². The van der Waals surface area contributed by atoms with Gasteiger partial charge in [-0.1, -0.05) is 18.9 Å². The quantitative estimate of drug-likeness (QED) is 0.868. The van der Waals surface area contributed by atoms with Gasteiger partial charge in [-0.15, -0.1) is 11.3 Å². The maximum atomic E-state index is 12.6. The highest BCUT2D eigenvalue weighted by atomic mass is 32.2. The van der Waals surface area contributed by atoms with E-state index in [9.17, 15) is 8.42 Å². The Morgan fingerprint density at radius 2 is 2.05 bits per heavy atom. The van der Waals surface area contributed by atoms with E-state index in [1.807, 2.05) is 22.2 Å². The molecule has 0 N–H and O–H groups in total. The van der Waals surface area contributed by atoms with Crippen LogP contribution in [0.15, 0.2) is 28.6 Å². The van der Waals surface area contributed by atoms with Crippen LogP contribution < -0.4 is 0 Å². The zero-order valence-corrected chi connectivity index (χ0v) is 13.8. The third-order valence-corrected chi connectivity index (χ3v) is 6.60. The highest BCUT2D eigenvalue weighted by Gasteiger charge is 2.28. The molecule has 0 bridgehead atoms. The van der Waals surface area contributed by atoms with E-state index in [1.54, 1.807) is 20.3 Å². The Kier molecular flexibility index (Phi) is 3.90. The van der Waals surface area contributed by atoms with Crippen LogP contribution in [0.25, 0.3) is 10.6 Å². The fourth-order valence-electron chi connectivity index (χ4n) is 2.70. The van der Waals surface area contributed by atoms with Gasteiger partial charge < -0.3 is 0 Å². The second-order valence-electron chi connectivity index (χ2n) is 5.52. The number of aromatic nitrogens is 2. The molecule has 0 aromatic carbocycles. The van der Waals surface area contributed by atoms with Crippen LogP contribution in [0.4, 0.5) is 0 Å². The number of sulfonamides is 1. The molecule has 0 amide bonds. The maximum absolute atomic E-state index is 12.6. The highest BCUT2D eigenvalue weighted by Crippen LogP contribution is 2.35. The molecule has 3 rings (SSSR count). The fraction of sp³-hybridized carbons (Fsp3) is 0.500. The van der Waals surface area contributed by atoms with Gasteiger partial charge in [0.25, 0.3) is 0 Å². The number of nitrogens with zero attached hydrogens (tertiary/aromatic N) is 3. The molecule has 1 saturated carbocycles. The molecular formula is C14H19N3O2S2. The molecule has 1 fully saturated rings. The van der Waals surface area contributed by atoms with Crippen molar-refractivity contribution in [3.8, 4) is 10.6 Å². The molecule has 5 nitrogen and oxygen atoms in total. The Hall–Kier alpha value is -1.18. The maximum Gasteiger partial charge on any atom is 0.246 e. The first-order valence-electron chi connectivity index (χ1n) is 7.05. The molecule has 21 heavy (non-hydrogen) atoms. The van der Waals surface area contributed by atoms with E-state index in [-0.39, 0.29) is 0 Å². The van der Waals surface area contributed by atoms with Crippen molar-refractivity contribution in [2.45, 2.75) is 36.6 Å². The summed E-state index contributed by atoms with van der Waals surface area (Å²) in [7, 11) is -0.374. The van der Waals surface area contributed by atoms with Crippen LogP contribution in [0.5, 0.6) is 0 Å².